The summed E-state index contributed by atoms with van der Waals surface area (Å²) in [7, 11) is 0. The largest absolute Gasteiger partial charge is 0.454 e. The Kier molecular flexibility index (Phi) is 4.56. The van der Waals surface area contributed by atoms with Crippen molar-refractivity contribution in [3.63, 3.8) is 0 Å². The third kappa shape index (κ3) is 3.19. The highest BCUT2D eigenvalue weighted by molar-refractivity contribution is 14.1. The zero-order valence-electron chi connectivity index (χ0n) is 11.7. The van der Waals surface area contributed by atoms with E-state index in [4.69, 9.17) is 4.74 Å². The zero-order valence-corrected chi connectivity index (χ0v) is 13.9. The van der Waals surface area contributed by atoms with Gasteiger partial charge in [0.2, 0.25) is 0 Å². The number of para-hydroxylation sites is 2. The number of carbonyl (C=O) groups is 1. The molecule has 0 saturated heterocycles. The number of aromatic nitrogens is 2. The van der Waals surface area contributed by atoms with E-state index >= 15 is 0 Å². The van der Waals surface area contributed by atoms with E-state index in [1.54, 1.807) is 48.5 Å². The molecule has 1 aromatic heterocycles. The van der Waals surface area contributed by atoms with E-state index in [9.17, 15) is 13.6 Å². The molecule has 7 heteroatoms. The minimum atomic E-state index is -2.76. The van der Waals surface area contributed by atoms with E-state index in [0.717, 1.165) is 8.14 Å². The first kappa shape index (κ1) is 15.9. The van der Waals surface area contributed by atoms with Crippen LogP contribution < -0.4 is 0 Å². The lowest BCUT2D eigenvalue weighted by atomic mass is 10.2. The average molecular weight is 428 g/mol. The molecule has 0 radical (unpaired) electrons. The van der Waals surface area contributed by atoms with Gasteiger partial charge < -0.3 is 4.74 Å². The Morgan fingerprint density at radius 2 is 1.87 bits per heavy atom. The first-order valence-corrected chi connectivity index (χ1v) is 7.81. The Morgan fingerprint density at radius 1 is 1.17 bits per heavy atom. The Bertz CT molecular complexity index is 864. The lowest BCUT2D eigenvalue weighted by molar-refractivity contribution is 0.0386. The topological polar surface area (TPSA) is 44.1 Å². The van der Waals surface area contributed by atoms with Crippen LogP contribution in [0.2, 0.25) is 0 Å². The minimum Gasteiger partial charge on any atom is -0.454 e. The number of imidazole rings is 1. The van der Waals surface area contributed by atoms with Crippen LogP contribution in [0.3, 0.4) is 0 Å². The summed E-state index contributed by atoms with van der Waals surface area (Å²) in [5, 5.41) is 0. The first-order valence-electron chi connectivity index (χ1n) is 6.73. The molecule has 0 aliphatic rings. The van der Waals surface area contributed by atoms with Crippen LogP contribution in [0, 0.1) is 3.57 Å². The van der Waals surface area contributed by atoms with Crippen molar-refractivity contribution in [2.24, 2.45) is 0 Å². The fourth-order valence-corrected chi connectivity index (χ4v) is 2.86. The highest BCUT2D eigenvalue weighted by Crippen LogP contribution is 2.24. The van der Waals surface area contributed by atoms with E-state index in [0.29, 0.717) is 16.6 Å². The predicted octanol–water partition coefficient (Wildman–Crippen LogP) is 4.39. The number of hydrogen-bond donors (Lipinski definition) is 0. The van der Waals surface area contributed by atoms with E-state index in [-0.39, 0.29) is 12.4 Å². The second-order valence-electron chi connectivity index (χ2n) is 4.72. The third-order valence-corrected chi connectivity index (χ3v) is 4.23. The molecule has 1 heterocycles. The standard InChI is InChI=1S/C16H11F2IN2O2/c17-16(18)21-13-8-4-3-7-12(13)20-14(21)9-23-15(22)10-5-1-2-6-11(10)19/h1-8,16H,9H2. The summed E-state index contributed by atoms with van der Waals surface area (Å²) in [5.74, 6) is -0.552. The molecular weight excluding hydrogens is 417 g/mol. The van der Waals surface area contributed by atoms with E-state index in [1.165, 1.54) is 0 Å². The highest BCUT2D eigenvalue weighted by Gasteiger charge is 2.19. The SMILES string of the molecule is O=C(OCc1nc2ccccc2n1C(F)F)c1ccccc1I. The molecule has 0 spiro atoms. The van der Waals surface area contributed by atoms with Crippen molar-refractivity contribution in [1.29, 1.82) is 0 Å². The van der Waals surface area contributed by atoms with E-state index in [1.807, 2.05) is 22.6 Å². The maximum atomic E-state index is 13.3. The summed E-state index contributed by atoms with van der Waals surface area (Å²) in [5.41, 5.74) is 1.14. The van der Waals surface area contributed by atoms with Crippen molar-refractivity contribution in [2.45, 2.75) is 13.2 Å². The molecule has 118 valence electrons. The lowest BCUT2D eigenvalue weighted by Gasteiger charge is -2.09. The zero-order chi connectivity index (χ0) is 16.4. The van der Waals surface area contributed by atoms with E-state index in [2.05, 4.69) is 4.98 Å². The summed E-state index contributed by atoms with van der Waals surface area (Å²) in [6.45, 7) is -3.07. The van der Waals surface area contributed by atoms with Crippen molar-refractivity contribution >= 4 is 39.6 Å². The van der Waals surface area contributed by atoms with Gasteiger partial charge in [-0.25, -0.2) is 9.78 Å². The van der Waals surface area contributed by atoms with Gasteiger partial charge in [-0.05, 0) is 46.9 Å². The highest BCUT2D eigenvalue weighted by atomic mass is 127. The fourth-order valence-electron chi connectivity index (χ4n) is 2.25. The first-order chi connectivity index (χ1) is 11.1. The van der Waals surface area contributed by atoms with Gasteiger partial charge in [0.1, 0.15) is 6.61 Å². The molecule has 2 aromatic carbocycles. The monoisotopic (exact) mass is 428 g/mol. The fraction of sp³-hybridized carbons (Fsp3) is 0.125. The van der Waals surface area contributed by atoms with Crippen LogP contribution in [-0.2, 0) is 11.3 Å². The molecule has 23 heavy (non-hydrogen) atoms. The summed E-state index contributed by atoms with van der Waals surface area (Å²) in [4.78, 5) is 16.2. The van der Waals surface area contributed by atoms with Crippen LogP contribution in [0.15, 0.2) is 48.5 Å². The quantitative estimate of drug-likeness (QED) is 0.458. The van der Waals surface area contributed by atoms with Crippen molar-refractivity contribution < 1.29 is 18.3 Å². The van der Waals surface area contributed by atoms with Crippen molar-refractivity contribution in [3.8, 4) is 0 Å². The van der Waals surface area contributed by atoms with Gasteiger partial charge >= 0.3 is 12.5 Å². The molecule has 4 nitrogen and oxygen atoms in total. The number of hydrogen-bond acceptors (Lipinski definition) is 3. The third-order valence-electron chi connectivity index (χ3n) is 3.29. The Hall–Kier alpha value is -2.03. The van der Waals surface area contributed by atoms with Crippen LogP contribution in [0.25, 0.3) is 11.0 Å². The molecule has 0 fully saturated rings. The van der Waals surface area contributed by atoms with Gasteiger partial charge in [0.05, 0.1) is 16.6 Å². The van der Waals surface area contributed by atoms with Gasteiger partial charge in [0.15, 0.2) is 5.82 Å². The number of esters is 1. The number of alkyl halides is 2. The van der Waals surface area contributed by atoms with Gasteiger partial charge in [-0.15, -0.1) is 0 Å². The molecule has 3 aromatic rings. The smallest absolute Gasteiger partial charge is 0.339 e. The van der Waals surface area contributed by atoms with Crippen molar-refractivity contribution in [3.05, 3.63) is 63.5 Å². The molecule has 3 rings (SSSR count). The lowest BCUT2D eigenvalue weighted by Crippen LogP contribution is -2.11. The molecule has 0 aliphatic heterocycles. The minimum absolute atomic E-state index is 0.0143. The Balaban J connectivity index is 1.86. The Labute approximate surface area is 144 Å². The summed E-state index contributed by atoms with van der Waals surface area (Å²) in [6.07, 6.45) is 0. The molecule has 0 amide bonds. The van der Waals surface area contributed by atoms with Crippen LogP contribution in [0.1, 0.15) is 22.7 Å². The summed E-state index contributed by atoms with van der Waals surface area (Å²) < 4.78 is 33.2. The van der Waals surface area contributed by atoms with Crippen LogP contribution in [0.5, 0.6) is 0 Å². The number of fused-ring (bicyclic) bond motifs is 1. The second kappa shape index (κ2) is 6.61. The molecule has 0 aliphatic carbocycles. The van der Waals surface area contributed by atoms with Gasteiger partial charge in [-0.3, -0.25) is 4.57 Å². The maximum Gasteiger partial charge on any atom is 0.339 e. The number of benzene rings is 2. The molecule has 0 N–H and O–H groups in total. The molecular formula is C16H11F2IN2O2. The van der Waals surface area contributed by atoms with E-state index < -0.39 is 12.5 Å². The van der Waals surface area contributed by atoms with Crippen LogP contribution in [0.4, 0.5) is 8.78 Å². The summed E-state index contributed by atoms with van der Waals surface area (Å²) in [6, 6.07) is 13.5. The number of rotatable bonds is 4. The van der Waals surface area contributed by atoms with Gasteiger partial charge in [0, 0.05) is 3.57 Å². The van der Waals surface area contributed by atoms with Crippen LogP contribution in [-0.4, -0.2) is 15.5 Å². The van der Waals surface area contributed by atoms with Gasteiger partial charge in [0.25, 0.3) is 0 Å². The number of carbonyl (C=O) groups excluding carboxylic acids is 1. The van der Waals surface area contributed by atoms with Crippen molar-refractivity contribution in [1.82, 2.24) is 9.55 Å². The average Bonchev–Trinajstić information content (AvgIpc) is 2.91. The number of ether oxygens (including phenoxy) is 1. The van der Waals surface area contributed by atoms with Gasteiger partial charge in [-0.2, -0.15) is 8.78 Å². The number of nitrogens with zero attached hydrogens (tertiary/aromatic N) is 2. The molecule has 0 bridgehead atoms. The molecule has 0 atom stereocenters. The molecule has 0 unspecified atom stereocenters. The Morgan fingerprint density at radius 3 is 2.61 bits per heavy atom. The molecule has 0 saturated carbocycles. The number of halogens is 3. The van der Waals surface area contributed by atoms with Crippen molar-refractivity contribution in [2.75, 3.05) is 0 Å². The predicted molar refractivity (Wildman–Crippen MR) is 89.3 cm³/mol. The normalized spacial score (nSPS) is 11.1. The maximum absolute atomic E-state index is 13.3. The van der Waals surface area contributed by atoms with Gasteiger partial charge in [-0.1, -0.05) is 24.3 Å². The van der Waals surface area contributed by atoms with Crippen LogP contribution >= 0.6 is 22.6 Å². The second-order valence-corrected chi connectivity index (χ2v) is 5.88. The summed E-state index contributed by atoms with van der Waals surface area (Å²) >= 11 is 2.02.